The number of rotatable bonds is 4. The van der Waals surface area contributed by atoms with E-state index in [0.29, 0.717) is 0 Å². The molecule has 5 heteroatoms. The summed E-state index contributed by atoms with van der Waals surface area (Å²) in [5.41, 5.74) is 1.05. The van der Waals surface area contributed by atoms with Crippen molar-refractivity contribution in [1.82, 2.24) is 14.8 Å². The minimum atomic E-state index is 0.778. The SMILES string of the molecule is c1cnc(-n2cccn2)c(NCC2CCSC2)c1. The molecule has 1 fully saturated rings. The molecule has 3 heterocycles. The van der Waals surface area contributed by atoms with Crippen molar-refractivity contribution in [2.24, 2.45) is 5.92 Å². The van der Waals surface area contributed by atoms with Crippen LogP contribution >= 0.6 is 11.8 Å². The lowest BCUT2D eigenvalue weighted by atomic mass is 10.1. The van der Waals surface area contributed by atoms with Crippen LogP contribution in [0, 0.1) is 5.92 Å². The molecule has 0 spiro atoms. The topological polar surface area (TPSA) is 42.7 Å². The number of anilines is 1. The first-order valence-corrected chi connectivity index (χ1v) is 7.35. The second kappa shape index (κ2) is 5.44. The van der Waals surface area contributed by atoms with Crippen molar-refractivity contribution < 1.29 is 0 Å². The van der Waals surface area contributed by atoms with E-state index < -0.39 is 0 Å². The van der Waals surface area contributed by atoms with E-state index in [4.69, 9.17) is 0 Å². The van der Waals surface area contributed by atoms with Crippen LogP contribution in [-0.4, -0.2) is 32.8 Å². The van der Waals surface area contributed by atoms with E-state index in [1.807, 2.05) is 30.1 Å². The average Bonchev–Trinajstić information content (AvgIpc) is 3.10. The molecule has 1 saturated heterocycles. The van der Waals surface area contributed by atoms with E-state index >= 15 is 0 Å². The maximum atomic E-state index is 4.40. The van der Waals surface area contributed by atoms with Gasteiger partial charge in [-0.15, -0.1) is 0 Å². The first-order chi connectivity index (χ1) is 8.93. The number of pyridine rings is 1. The molecule has 0 radical (unpaired) electrons. The van der Waals surface area contributed by atoms with Crippen LogP contribution in [-0.2, 0) is 0 Å². The van der Waals surface area contributed by atoms with Gasteiger partial charge in [-0.05, 0) is 42.0 Å². The van der Waals surface area contributed by atoms with E-state index in [1.165, 1.54) is 17.9 Å². The monoisotopic (exact) mass is 260 g/mol. The van der Waals surface area contributed by atoms with E-state index in [1.54, 1.807) is 17.1 Å². The van der Waals surface area contributed by atoms with Crippen molar-refractivity contribution >= 4 is 17.4 Å². The summed E-state index contributed by atoms with van der Waals surface area (Å²) in [4.78, 5) is 4.40. The zero-order valence-electron chi connectivity index (χ0n) is 10.1. The third-order valence-electron chi connectivity index (χ3n) is 3.11. The van der Waals surface area contributed by atoms with E-state index in [9.17, 15) is 0 Å². The third kappa shape index (κ3) is 2.51. The maximum Gasteiger partial charge on any atom is 0.176 e. The van der Waals surface area contributed by atoms with Gasteiger partial charge in [0.15, 0.2) is 5.82 Å². The zero-order valence-corrected chi connectivity index (χ0v) is 10.9. The predicted octanol–water partition coefficient (Wildman–Crippen LogP) is 2.43. The molecule has 1 atom stereocenters. The fraction of sp³-hybridized carbons (Fsp3) is 0.385. The highest BCUT2D eigenvalue weighted by Crippen LogP contribution is 2.24. The number of hydrogen-bond acceptors (Lipinski definition) is 4. The normalized spacial score (nSPS) is 19.0. The van der Waals surface area contributed by atoms with Gasteiger partial charge in [-0.3, -0.25) is 0 Å². The standard InChI is InChI=1S/C13H16N4S/c1-3-12(15-9-11-4-8-18-10-11)13(14-5-1)17-7-2-6-16-17/h1-3,5-7,11,15H,4,8-10H2. The summed E-state index contributed by atoms with van der Waals surface area (Å²) in [6.07, 6.45) is 6.80. The van der Waals surface area contributed by atoms with Gasteiger partial charge >= 0.3 is 0 Å². The van der Waals surface area contributed by atoms with Gasteiger partial charge < -0.3 is 5.32 Å². The van der Waals surface area contributed by atoms with Crippen molar-refractivity contribution in [2.45, 2.75) is 6.42 Å². The van der Waals surface area contributed by atoms with Crippen LogP contribution in [0.4, 0.5) is 5.69 Å². The Morgan fingerprint density at radius 3 is 3.17 bits per heavy atom. The molecule has 1 aliphatic rings. The molecule has 0 bridgehead atoms. The van der Waals surface area contributed by atoms with E-state index in [0.717, 1.165) is 24.0 Å². The van der Waals surface area contributed by atoms with Crippen molar-refractivity contribution in [2.75, 3.05) is 23.4 Å². The van der Waals surface area contributed by atoms with Gasteiger partial charge in [0.05, 0.1) is 5.69 Å². The second-order valence-electron chi connectivity index (χ2n) is 4.44. The Morgan fingerprint density at radius 2 is 2.39 bits per heavy atom. The van der Waals surface area contributed by atoms with Crippen LogP contribution in [0.5, 0.6) is 0 Å². The molecule has 4 nitrogen and oxygen atoms in total. The van der Waals surface area contributed by atoms with Crippen molar-refractivity contribution in [3.63, 3.8) is 0 Å². The van der Waals surface area contributed by atoms with Gasteiger partial charge in [-0.1, -0.05) is 0 Å². The highest BCUT2D eigenvalue weighted by molar-refractivity contribution is 7.99. The smallest absolute Gasteiger partial charge is 0.176 e. The summed E-state index contributed by atoms with van der Waals surface area (Å²) in [7, 11) is 0. The molecule has 0 aliphatic carbocycles. The molecule has 2 aromatic rings. The summed E-state index contributed by atoms with van der Waals surface area (Å²) in [6.45, 7) is 1.02. The Hall–Kier alpha value is -1.49. The van der Waals surface area contributed by atoms with Crippen LogP contribution in [0.3, 0.4) is 0 Å². The lowest BCUT2D eigenvalue weighted by Gasteiger charge is -2.13. The number of nitrogens with one attached hydrogen (secondary N) is 1. The van der Waals surface area contributed by atoms with Crippen LogP contribution in [0.1, 0.15) is 6.42 Å². The minimum absolute atomic E-state index is 0.778. The minimum Gasteiger partial charge on any atom is -0.382 e. The molecule has 1 N–H and O–H groups in total. The summed E-state index contributed by atoms with van der Waals surface area (Å²) < 4.78 is 1.80. The Labute approximate surface area is 111 Å². The number of hydrogen-bond donors (Lipinski definition) is 1. The molecule has 2 aromatic heterocycles. The average molecular weight is 260 g/mol. The molecule has 1 aliphatic heterocycles. The van der Waals surface area contributed by atoms with Gasteiger partial charge in [0, 0.05) is 25.1 Å². The fourth-order valence-electron chi connectivity index (χ4n) is 2.11. The summed E-state index contributed by atoms with van der Waals surface area (Å²) in [5, 5.41) is 7.74. The van der Waals surface area contributed by atoms with Gasteiger partial charge in [0.1, 0.15) is 0 Å². The van der Waals surface area contributed by atoms with Crippen molar-refractivity contribution in [3.8, 4) is 5.82 Å². The molecule has 18 heavy (non-hydrogen) atoms. The molecule has 1 unspecified atom stereocenters. The number of nitrogens with zero attached hydrogens (tertiary/aromatic N) is 3. The zero-order chi connectivity index (χ0) is 12.2. The molecular formula is C13H16N4S. The molecule has 0 aromatic carbocycles. The Morgan fingerprint density at radius 1 is 1.39 bits per heavy atom. The first-order valence-electron chi connectivity index (χ1n) is 6.20. The van der Waals surface area contributed by atoms with Crippen LogP contribution in [0.25, 0.3) is 5.82 Å². The molecule has 94 valence electrons. The van der Waals surface area contributed by atoms with Crippen molar-refractivity contribution in [3.05, 3.63) is 36.8 Å². The first kappa shape index (κ1) is 11.6. The number of aromatic nitrogens is 3. The Kier molecular flexibility index (Phi) is 3.50. The largest absolute Gasteiger partial charge is 0.382 e. The van der Waals surface area contributed by atoms with Gasteiger partial charge in [0.25, 0.3) is 0 Å². The van der Waals surface area contributed by atoms with Crippen molar-refractivity contribution in [1.29, 1.82) is 0 Å². The lowest BCUT2D eigenvalue weighted by molar-refractivity contribution is 0.631. The molecular weight excluding hydrogens is 244 g/mol. The lowest BCUT2D eigenvalue weighted by Crippen LogP contribution is -2.15. The van der Waals surface area contributed by atoms with Crippen LogP contribution in [0.2, 0.25) is 0 Å². The van der Waals surface area contributed by atoms with Gasteiger partial charge in [-0.2, -0.15) is 16.9 Å². The third-order valence-corrected chi connectivity index (χ3v) is 4.34. The van der Waals surface area contributed by atoms with Crippen LogP contribution in [0.15, 0.2) is 36.8 Å². The number of thioether (sulfide) groups is 1. The second-order valence-corrected chi connectivity index (χ2v) is 5.59. The highest BCUT2D eigenvalue weighted by Gasteiger charge is 2.15. The summed E-state index contributed by atoms with van der Waals surface area (Å²) in [5.74, 6) is 4.21. The summed E-state index contributed by atoms with van der Waals surface area (Å²) in [6, 6.07) is 5.93. The quantitative estimate of drug-likeness (QED) is 0.917. The predicted molar refractivity (Wildman–Crippen MR) is 75.3 cm³/mol. The highest BCUT2D eigenvalue weighted by atomic mass is 32.2. The fourth-order valence-corrected chi connectivity index (χ4v) is 3.39. The summed E-state index contributed by atoms with van der Waals surface area (Å²) >= 11 is 2.05. The Bertz CT molecular complexity index is 491. The molecule has 0 amide bonds. The van der Waals surface area contributed by atoms with E-state index in [-0.39, 0.29) is 0 Å². The van der Waals surface area contributed by atoms with E-state index in [2.05, 4.69) is 21.5 Å². The van der Waals surface area contributed by atoms with Gasteiger partial charge in [-0.25, -0.2) is 9.67 Å². The van der Waals surface area contributed by atoms with Gasteiger partial charge in [0.2, 0.25) is 0 Å². The Balaban J connectivity index is 1.75. The molecule has 0 saturated carbocycles. The molecule has 3 rings (SSSR count). The maximum absolute atomic E-state index is 4.40. The van der Waals surface area contributed by atoms with Crippen LogP contribution < -0.4 is 5.32 Å².